The highest BCUT2D eigenvalue weighted by molar-refractivity contribution is 6.30. The number of nitro benzene ring substituents is 1. The molecule has 0 aliphatic carbocycles. The van der Waals surface area contributed by atoms with Gasteiger partial charge in [0.05, 0.1) is 11.0 Å². The molecule has 1 atom stereocenters. The van der Waals surface area contributed by atoms with E-state index in [1.807, 2.05) is 0 Å². The molecule has 0 spiro atoms. The Morgan fingerprint density at radius 1 is 1.52 bits per heavy atom. The summed E-state index contributed by atoms with van der Waals surface area (Å²) in [7, 11) is 0. The molecule has 0 heterocycles. The SMILES string of the molecule is CC(C)(C)OC(=O)NCC(N)c1cc(Cl)ccc1[N+](=O)[O-]. The average molecular weight is 316 g/mol. The van der Waals surface area contributed by atoms with Gasteiger partial charge in [-0.1, -0.05) is 11.6 Å². The molecule has 0 saturated heterocycles. The summed E-state index contributed by atoms with van der Waals surface area (Å²) in [4.78, 5) is 21.9. The lowest BCUT2D eigenvalue weighted by Crippen LogP contribution is -2.36. The third-order valence-corrected chi connectivity index (χ3v) is 2.69. The number of rotatable bonds is 4. The number of nitro groups is 1. The molecule has 1 unspecified atom stereocenters. The lowest BCUT2D eigenvalue weighted by Gasteiger charge is -2.21. The average Bonchev–Trinajstić information content (AvgIpc) is 2.33. The second-order valence-corrected chi connectivity index (χ2v) is 5.89. The van der Waals surface area contributed by atoms with E-state index in [1.165, 1.54) is 18.2 Å². The van der Waals surface area contributed by atoms with Crippen LogP contribution < -0.4 is 11.1 Å². The van der Waals surface area contributed by atoms with Gasteiger partial charge in [0.15, 0.2) is 0 Å². The third kappa shape index (κ3) is 5.57. The number of halogens is 1. The second kappa shape index (κ2) is 6.73. The fourth-order valence-electron chi connectivity index (χ4n) is 1.61. The summed E-state index contributed by atoms with van der Waals surface area (Å²) in [6.07, 6.45) is -0.636. The van der Waals surface area contributed by atoms with Crippen LogP contribution >= 0.6 is 11.6 Å². The first-order valence-electron chi connectivity index (χ1n) is 6.26. The third-order valence-electron chi connectivity index (χ3n) is 2.45. The van der Waals surface area contributed by atoms with Crippen molar-refractivity contribution in [1.82, 2.24) is 5.32 Å². The minimum atomic E-state index is -0.767. The van der Waals surface area contributed by atoms with E-state index in [9.17, 15) is 14.9 Å². The van der Waals surface area contributed by atoms with Crippen LogP contribution in [0.15, 0.2) is 18.2 Å². The number of alkyl carbamates (subject to hydrolysis) is 1. The Morgan fingerprint density at radius 3 is 2.67 bits per heavy atom. The number of hydrogen-bond acceptors (Lipinski definition) is 5. The second-order valence-electron chi connectivity index (χ2n) is 5.45. The van der Waals surface area contributed by atoms with Gasteiger partial charge in [-0.3, -0.25) is 10.1 Å². The number of amides is 1. The van der Waals surface area contributed by atoms with Gasteiger partial charge in [-0.05, 0) is 32.9 Å². The Hall–Kier alpha value is -1.86. The molecule has 0 aliphatic rings. The molecule has 8 heteroatoms. The number of nitrogens with one attached hydrogen (secondary N) is 1. The number of ether oxygens (including phenoxy) is 1. The summed E-state index contributed by atoms with van der Waals surface area (Å²) in [6, 6.07) is 3.35. The van der Waals surface area contributed by atoms with E-state index in [0.29, 0.717) is 5.02 Å². The van der Waals surface area contributed by atoms with Crippen LogP contribution in [0.3, 0.4) is 0 Å². The van der Waals surface area contributed by atoms with Gasteiger partial charge >= 0.3 is 6.09 Å². The highest BCUT2D eigenvalue weighted by Crippen LogP contribution is 2.26. The van der Waals surface area contributed by atoms with Crippen molar-refractivity contribution in [2.75, 3.05) is 6.54 Å². The van der Waals surface area contributed by atoms with Gasteiger partial charge in [0.1, 0.15) is 5.60 Å². The molecular formula is C13H18ClN3O4. The smallest absolute Gasteiger partial charge is 0.407 e. The number of nitrogens with two attached hydrogens (primary N) is 1. The summed E-state index contributed by atoms with van der Waals surface area (Å²) < 4.78 is 5.06. The Labute approximate surface area is 127 Å². The Morgan fingerprint density at radius 2 is 2.14 bits per heavy atom. The molecule has 1 amide bonds. The van der Waals surface area contributed by atoms with Gasteiger partial charge < -0.3 is 15.8 Å². The number of hydrogen-bond donors (Lipinski definition) is 2. The van der Waals surface area contributed by atoms with Crippen LogP contribution in [-0.2, 0) is 4.74 Å². The fraction of sp³-hybridized carbons (Fsp3) is 0.462. The van der Waals surface area contributed by atoms with Crippen molar-refractivity contribution in [3.63, 3.8) is 0 Å². The highest BCUT2D eigenvalue weighted by atomic mass is 35.5. The maximum Gasteiger partial charge on any atom is 0.407 e. The van der Waals surface area contributed by atoms with E-state index < -0.39 is 22.7 Å². The van der Waals surface area contributed by atoms with Gasteiger partial charge in [0, 0.05) is 23.2 Å². The molecule has 0 saturated carbocycles. The monoisotopic (exact) mass is 315 g/mol. The Bertz CT molecular complexity index is 543. The molecule has 1 aromatic carbocycles. The minimum absolute atomic E-state index is 0.00387. The molecule has 3 N–H and O–H groups in total. The van der Waals surface area contributed by atoms with Crippen molar-refractivity contribution >= 4 is 23.4 Å². The highest BCUT2D eigenvalue weighted by Gasteiger charge is 2.21. The van der Waals surface area contributed by atoms with Gasteiger partial charge in [-0.15, -0.1) is 0 Å². The number of nitrogens with zero attached hydrogens (tertiary/aromatic N) is 1. The molecule has 21 heavy (non-hydrogen) atoms. The van der Waals surface area contributed by atoms with Crippen LogP contribution in [0.25, 0.3) is 0 Å². The summed E-state index contributed by atoms with van der Waals surface area (Å²) in [5, 5.41) is 13.8. The summed E-state index contributed by atoms with van der Waals surface area (Å²) >= 11 is 5.83. The first kappa shape index (κ1) is 17.2. The van der Waals surface area contributed by atoms with Crippen molar-refractivity contribution in [2.45, 2.75) is 32.4 Å². The van der Waals surface area contributed by atoms with Crippen molar-refractivity contribution < 1.29 is 14.5 Å². The lowest BCUT2D eigenvalue weighted by atomic mass is 10.1. The molecule has 0 radical (unpaired) electrons. The van der Waals surface area contributed by atoms with Crippen LogP contribution in [0, 0.1) is 10.1 Å². The predicted molar refractivity (Wildman–Crippen MR) is 79.3 cm³/mol. The van der Waals surface area contributed by atoms with E-state index >= 15 is 0 Å². The summed E-state index contributed by atoms with van der Waals surface area (Å²) in [6.45, 7) is 5.19. The Balaban J connectivity index is 2.76. The first-order valence-corrected chi connectivity index (χ1v) is 6.64. The van der Waals surface area contributed by atoms with E-state index in [2.05, 4.69) is 5.32 Å². The normalized spacial score (nSPS) is 12.6. The molecule has 116 valence electrons. The summed E-state index contributed by atoms with van der Waals surface area (Å²) in [5.41, 5.74) is 5.36. The van der Waals surface area contributed by atoms with Crippen molar-refractivity contribution in [2.24, 2.45) is 5.73 Å². The van der Waals surface area contributed by atoms with Crippen LogP contribution in [0.2, 0.25) is 5.02 Å². The van der Waals surface area contributed by atoms with Crippen LogP contribution in [-0.4, -0.2) is 23.2 Å². The lowest BCUT2D eigenvalue weighted by molar-refractivity contribution is -0.385. The number of carbonyl (C=O) groups excluding carboxylic acids is 1. The van der Waals surface area contributed by atoms with Crippen molar-refractivity contribution in [3.8, 4) is 0 Å². The van der Waals surface area contributed by atoms with Gasteiger partial charge in [-0.2, -0.15) is 0 Å². The minimum Gasteiger partial charge on any atom is -0.444 e. The van der Waals surface area contributed by atoms with E-state index in [4.69, 9.17) is 22.1 Å². The van der Waals surface area contributed by atoms with Crippen molar-refractivity contribution in [1.29, 1.82) is 0 Å². The molecule has 1 rings (SSSR count). The van der Waals surface area contributed by atoms with Gasteiger partial charge in [0.2, 0.25) is 0 Å². The maximum absolute atomic E-state index is 11.5. The Kier molecular flexibility index (Phi) is 5.51. The molecule has 0 bridgehead atoms. The molecule has 0 aliphatic heterocycles. The molecule has 0 aromatic heterocycles. The van der Waals surface area contributed by atoms with Crippen LogP contribution in [0.1, 0.15) is 32.4 Å². The molecule has 0 fully saturated rings. The van der Waals surface area contributed by atoms with Gasteiger partial charge in [-0.25, -0.2) is 4.79 Å². The quantitative estimate of drug-likeness (QED) is 0.656. The number of carbonyl (C=O) groups is 1. The van der Waals surface area contributed by atoms with Crippen LogP contribution in [0.5, 0.6) is 0 Å². The number of benzene rings is 1. The zero-order valence-corrected chi connectivity index (χ0v) is 12.8. The van der Waals surface area contributed by atoms with E-state index in [1.54, 1.807) is 20.8 Å². The largest absolute Gasteiger partial charge is 0.444 e. The van der Waals surface area contributed by atoms with E-state index in [0.717, 1.165) is 0 Å². The summed E-state index contributed by atoms with van der Waals surface area (Å²) in [5.74, 6) is 0. The predicted octanol–water partition coefficient (Wildman–Crippen LogP) is 2.77. The standard InChI is InChI=1S/C13H18ClN3O4/c1-13(2,3)21-12(18)16-7-10(15)9-6-8(14)4-5-11(9)17(19)20/h4-6,10H,7,15H2,1-3H3,(H,16,18). The fourth-order valence-corrected chi connectivity index (χ4v) is 1.79. The van der Waals surface area contributed by atoms with Gasteiger partial charge in [0.25, 0.3) is 5.69 Å². The van der Waals surface area contributed by atoms with Crippen molar-refractivity contribution in [3.05, 3.63) is 38.9 Å². The zero-order valence-electron chi connectivity index (χ0n) is 12.1. The van der Waals surface area contributed by atoms with Crippen LogP contribution in [0.4, 0.5) is 10.5 Å². The van der Waals surface area contributed by atoms with E-state index in [-0.39, 0.29) is 17.8 Å². The maximum atomic E-state index is 11.5. The molecular weight excluding hydrogens is 298 g/mol. The topological polar surface area (TPSA) is 107 Å². The molecule has 7 nitrogen and oxygen atoms in total. The molecule has 1 aromatic rings. The zero-order chi connectivity index (χ0) is 16.2. The first-order chi connectivity index (χ1) is 9.60.